The van der Waals surface area contributed by atoms with Crippen molar-refractivity contribution in [3.8, 4) is 22.8 Å². The molecule has 0 unspecified atom stereocenters. The van der Waals surface area contributed by atoms with Gasteiger partial charge in [-0.15, -0.1) is 0 Å². The van der Waals surface area contributed by atoms with E-state index in [1.807, 2.05) is 18.3 Å². The molecule has 0 N–H and O–H groups in total. The normalized spacial score (nSPS) is 15.3. The van der Waals surface area contributed by atoms with Crippen molar-refractivity contribution in [2.45, 2.75) is 58.1 Å². The summed E-state index contributed by atoms with van der Waals surface area (Å²) in [6.45, 7) is 2.62. The van der Waals surface area contributed by atoms with Crippen LogP contribution >= 0.6 is 0 Å². The Bertz CT molecular complexity index is 876. The number of hydrogen-bond donors (Lipinski definition) is 0. The second-order valence-corrected chi connectivity index (χ2v) is 7.15. The molecule has 0 bridgehead atoms. The monoisotopic (exact) mass is 366 g/mol. The lowest BCUT2D eigenvalue weighted by molar-refractivity contribution is 0.171. The Labute approximate surface area is 159 Å². The van der Waals surface area contributed by atoms with E-state index in [1.54, 1.807) is 7.11 Å². The minimum absolute atomic E-state index is 0.432. The fraction of sp³-hybridized carbons (Fsp3) is 0.476. The Kier molecular flexibility index (Phi) is 5.34. The highest BCUT2D eigenvalue weighted by Crippen LogP contribution is 2.33. The van der Waals surface area contributed by atoms with Gasteiger partial charge < -0.3 is 9.26 Å². The van der Waals surface area contributed by atoms with Gasteiger partial charge in [0.2, 0.25) is 5.82 Å². The van der Waals surface area contributed by atoms with Gasteiger partial charge in [0.25, 0.3) is 5.89 Å². The summed E-state index contributed by atoms with van der Waals surface area (Å²) in [6, 6.07) is 8.71. The highest BCUT2D eigenvalue weighted by atomic mass is 16.5. The van der Waals surface area contributed by atoms with E-state index in [0.29, 0.717) is 24.4 Å². The van der Waals surface area contributed by atoms with Gasteiger partial charge in [0.15, 0.2) is 0 Å². The molecule has 1 aliphatic rings. The molecule has 1 aromatic carbocycles. The van der Waals surface area contributed by atoms with E-state index < -0.39 is 0 Å². The Morgan fingerprint density at radius 2 is 1.93 bits per heavy atom. The maximum atomic E-state index is 5.58. The Morgan fingerprint density at radius 3 is 2.63 bits per heavy atom. The molecule has 1 fully saturated rings. The molecule has 2 heterocycles. The minimum atomic E-state index is 0.432. The van der Waals surface area contributed by atoms with E-state index in [9.17, 15) is 0 Å². The van der Waals surface area contributed by atoms with Crippen molar-refractivity contribution >= 4 is 0 Å². The van der Waals surface area contributed by atoms with E-state index in [4.69, 9.17) is 9.26 Å². The van der Waals surface area contributed by atoms with E-state index in [2.05, 4.69) is 39.0 Å². The maximum Gasteiger partial charge on any atom is 0.261 e. The lowest BCUT2D eigenvalue weighted by Gasteiger charge is -2.24. The van der Waals surface area contributed by atoms with Crippen molar-refractivity contribution in [3.05, 3.63) is 41.7 Å². The van der Waals surface area contributed by atoms with Gasteiger partial charge in [0.05, 0.1) is 30.1 Å². The molecule has 1 saturated carbocycles. The van der Waals surface area contributed by atoms with Gasteiger partial charge >= 0.3 is 0 Å². The van der Waals surface area contributed by atoms with Crippen molar-refractivity contribution in [2.75, 3.05) is 7.11 Å². The zero-order valence-corrected chi connectivity index (χ0v) is 16.0. The summed E-state index contributed by atoms with van der Waals surface area (Å²) in [7, 11) is 1.70. The van der Waals surface area contributed by atoms with Gasteiger partial charge in [-0.05, 0) is 24.8 Å². The van der Waals surface area contributed by atoms with Crippen LogP contribution in [-0.2, 0) is 17.8 Å². The molecule has 2 aromatic heterocycles. The number of rotatable bonds is 6. The van der Waals surface area contributed by atoms with Gasteiger partial charge in [0, 0.05) is 12.7 Å². The first-order chi connectivity index (χ1) is 13.3. The van der Waals surface area contributed by atoms with Crippen LogP contribution < -0.4 is 0 Å². The Morgan fingerprint density at radius 1 is 1.15 bits per heavy atom. The topological polar surface area (TPSA) is 66.0 Å². The van der Waals surface area contributed by atoms with Crippen molar-refractivity contribution in [1.82, 2.24) is 19.9 Å². The van der Waals surface area contributed by atoms with Crippen LogP contribution in [0.3, 0.4) is 0 Å². The average molecular weight is 366 g/mol. The highest BCUT2D eigenvalue weighted by molar-refractivity contribution is 5.61. The summed E-state index contributed by atoms with van der Waals surface area (Å²) in [5, 5.41) is 8.83. The molecule has 0 radical (unpaired) electrons. The van der Waals surface area contributed by atoms with Crippen LogP contribution in [0.5, 0.6) is 0 Å². The van der Waals surface area contributed by atoms with Crippen LogP contribution in [0.15, 0.2) is 35.0 Å². The fourth-order valence-corrected chi connectivity index (χ4v) is 3.83. The van der Waals surface area contributed by atoms with Crippen LogP contribution in [0, 0.1) is 0 Å². The predicted octanol–water partition coefficient (Wildman–Crippen LogP) is 4.81. The predicted molar refractivity (Wildman–Crippen MR) is 103 cm³/mol. The van der Waals surface area contributed by atoms with Crippen molar-refractivity contribution in [3.63, 3.8) is 0 Å². The van der Waals surface area contributed by atoms with E-state index >= 15 is 0 Å². The first-order valence-electron chi connectivity index (χ1n) is 9.79. The molecule has 142 valence electrons. The smallest absolute Gasteiger partial charge is 0.261 e. The number of benzene rings is 1. The number of methoxy groups -OCH3 is 1. The molecule has 0 aliphatic heterocycles. The molecule has 1 aliphatic carbocycles. The second-order valence-electron chi connectivity index (χ2n) is 7.15. The van der Waals surface area contributed by atoms with Crippen LogP contribution in [0.1, 0.15) is 56.3 Å². The summed E-state index contributed by atoms with van der Waals surface area (Å²) in [5.41, 5.74) is 4.13. The third-order valence-electron chi connectivity index (χ3n) is 5.38. The van der Waals surface area contributed by atoms with E-state index in [1.165, 1.54) is 24.8 Å². The molecule has 3 aromatic rings. The molecule has 6 nitrogen and oxygen atoms in total. The number of hydrogen-bond acceptors (Lipinski definition) is 5. The van der Waals surface area contributed by atoms with E-state index in [-0.39, 0.29) is 0 Å². The van der Waals surface area contributed by atoms with Gasteiger partial charge in [0.1, 0.15) is 0 Å². The van der Waals surface area contributed by atoms with Crippen molar-refractivity contribution in [1.29, 1.82) is 0 Å². The first kappa shape index (κ1) is 17.9. The van der Waals surface area contributed by atoms with Crippen molar-refractivity contribution in [2.24, 2.45) is 0 Å². The summed E-state index contributed by atoms with van der Waals surface area (Å²) in [5.74, 6) is 1.10. The number of nitrogens with zero attached hydrogens (tertiary/aromatic N) is 4. The standard InChI is InChI=1S/C21H26N4O2/c1-3-15-9-11-16(12-10-15)20-23-21(27-24-20)18-13-22-25(19(18)14-26-2)17-7-5-4-6-8-17/h9-13,17H,3-8,14H2,1-2H3. The van der Waals surface area contributed by atoms with Crippen molar-refractivity contribution < 1.29 is 9.26 Å². The second kappa shape index (κ2) is 8.05. The van der Waals surface area contributed by atoms with Crippen LogP contribution in [0.4, 0.5) is 0 Å². The molecule has 6 heteroatoms. The number of ether oxygens (including phenoxy) is 1. The van der Waals surface area contributed by atoms with Gasteiger partial charge in [-0.25, -0.2) is 0 Å². The summed E-state index contributed by atoms with van der Waals surface area (Å²) >= 11 is 0. The zero-order chi connectivity index (χ0) is 18.6. The molecular weight excluding hydrogens is 340 g/mol. The summed E-state index contributed by atoms with van der Waals surface area (Å²) in [4.78, 5) is 4.62. The third-order valence-corrected chi connectivity index (χ3v) is 5.38. The Hall–Kier alpha value is -2.47. The average Bonchev–Trinajstić information content (AvgIpc) is 3.36. The Balaban J connectivity index is 1.64. The third kappa shape index (κ3) is 3.67. The van der Waals surface area contributed by atoms with Crippen LogP contribution in [0.2, 0.25) is 0 Å². The maximum absolute atomic E-state index is 5.58. The molecule has 4 rings (SSSR count). The van der Waals surface area contributed by atoms with Crippen LogP contribution in [0.25, 0.3) is 22.8 Å². The lowest BCUT2D eigenvalue weighted by Crippen LogP contribution is -2.17. The van der Waals surface area contributed by atoms with Gasteiger partial charge in [-0.2, -0.15) is 10.1 Å². The number of aromatic nitrogens is 4. The first-order valence-corrected chi connectivity index (χ1v) is 9.79. The van der Waals surface area contributed by atoms with Gasteiger partial charge in [-0.3, -0.25) is 4.68 Å². The molecule has 0 atom stereocenters. The number of aryl methyl sites for hydroxylation is 1. The fourth-order valence-electron chi connectivity index (χ4n) is 3.83. The van der Waals surface area contributed by atoms with E-state index in [0.717, 1.165) is 36.1 Å². The van der Waals surface area contributed by atoms with Gasteiger partial charge in [-0.1, -0.05) is 55.6 Å². The largest absolute Gasteiger partial charge is 0.378 e. The molecule has 27 heavy (non-hydrogen) atoms. The molecule has 0 saturated heterocycles. The summed E-state index contributed by atoms with van der Waals surface area (Å²) in [6.07, 6.45) is 9.00. The SMILES string of the molecule is CCc1ccc(-c2noc(-c3cnn(C4CCCCC4)c3COC)n2)cc1. The quantitative estimate of drug-likeness (QED) is 0.626. The molecule has 0 spiro atoms. The summed E-state index contributed by atoms with van der Waals surface area (Å²) < 4.78 is 13.1. The lowest BCUT2D eigenvalue weighted by atomic mass is 9.95. The highest BCUT2D eigenvalue weighted by Gasteiger charge is 2.24. The zero-order valence-electron chi connectivity index (χ0n) is 16.0. The molecule has 0 amide bonds. The minimum Gasteiger partial charge on any atom is -0.378 e. The van der Waals surface area contributed by atoms with Crippen LogP contribution in [-0.4, -0.2) is 27.0 Å². The molecular formula is C21H26N4O2.